The fourth-order valence-electron chi connectivity index (χ4n) is 2.10. The molecule has 0 unspecified atom stereocenters. The molecule has 0 fully saturated rings. The molecule has 2 aromatic heterocycles. The van der Waals surface area contributed by atoms with Gasteiger partial charge in [-0.05, 0) is 12.5 Å². The van der Waals surface area contributed by atoms with Crippen LogP contribution >= 0.6 is 11.3 Å². The highest BCUT2D eigenvalue weighted by atomic mass is 32.1. The van der Waals surface area contributed by atoms with E-state index in [0.717, 1.165) is 30.4 Å². The van der Waals surface area contributed by atoms with E-state index in [9.17, 15) is 0 Å². The fourth-order valence-corrected chi connectivity index (χ4v) is 2.83. The molecule has 0 radical (unpaired) electrons. The van der Waals surface area contributed by atoms with Crippen LogP contribution in [0.1, 0.15) is 19.5 Å². The summed E-state index contributed by atoms with van der Waals surface area (Å²) in [4.78, 5) is 7.94. The van der Waals surface area contributed by atoms with Gasteiger partial charge in [-0.15, -0.1) is 11.3 Å². The number of fused-ring (bicyclic) bond motifs is 1. The molecule has 2 aromatic rings. The SMILES string of the molecule is COCCN(C)c1nc2sccn2c1CNCC(C)C. The smallest absolute Gasteiger partial charge is 0.195 e. The number of imidazole rings is 1. The van der Waals surface area contributed by atoms with Crippen LogP contribution in [-0.2, 0) is 11.3 Å². The summed E-state index contributed by atoms with van der Waals surface area (Å²) >= 11 is 1.67. The lowest BCUT2D eigenvalue weighted by atomic mass is 10.2. The van der Waals surface area contributed by atoms with Crippen molar-refractivity contribution >= 4 is 22.1 Å². The predicted molar refractivity (Wildman–Crippen MR) is 84.8 cm³/mol. The van der Waals surface area contributed by atoms with Crippen molar-refractivity contribution in [3.63, 3.8) is 0 Å². The largest absolute Gasteiger partial charge is 0.383 e. The highest BCUT2D eigenvalue weighted by Crippen LogP contribution is 2.23. The van der Waals surface area contributed by atoms with E-state index in [1.165, 1.54) is 5.69 Å². The Morgan fingerprint density at radius 1 is 1.50 bits per heavy atom. The van der Waals surface area contributed by atoms with Crippen LogP contribution in [0, 0.1) is 5.92 Å². The van der Waals surface area contributed by atoms with E-state index < -0.39 is 0 Å². The number of hydrogen-bond acceptors (Lipinski definition) is 5. The Labute approximate surface area is 124 Å². The second-order valence-electron chi connectivity index (χ2n) is 5.38. The lowest BCUT2D eigenvalue weighted by Gasteiger charge is -2.18. The van der Waals surface area contributed by atoms with Gasteiger partial charge in [0.1, 0.15) is 0 Å². The summed E-state index contributed by atoms with van der Waals surface area (Å²) in [5.74, 6) is 1.70. The normalized spacial score (nSPS) is 11.7. The van der Waals surface area contributed by atoms with Gasteiger partial charge in [0.15, 0.2) is 10.8 Å². The Morgan fingerprint density at radius 2 is 2.30 bits per heavy atom. The number of hydrogen-bond donors (Lipinski definition) is 1. The molecule has 112 valence electrons. The van der Waals surface area contributed by atoms with E-state index in [0.29, 0.717) is 12.5 Å². The van der Waals surface area contributed by atoms with Crippen molar-refractivity contribution in [1.82, 2.24) is 14.7 Å². The van der Waals surface area contributed by atoms with E-state index in [1.807, 2.05) is 0 Å². The maximum absolute atomic E-state index is 5.15. The molecule has 0 aromatic carbocycles. The molecule has 2 rings (SSSR count). The van der Waals surface area contributed by atoms with Crippen molar-refractivity contribution < 1.29 is 4.74 Å². The first kappa shape index (κ1) is 15.3. The van der Waals surface area contributed by atoms with Crippen molar-refractivity contribution in [3.8, 4) is 0 Å². The third-order valence-electron chi connectivity index (χ3n) is 3.18. The van der Waals surface area contributed by atoms with Crippen molar-refractivity contribution in [2.75, 3.05) is 38.8 Å². The van der Waals surface area contributed by atoms with Crippen LogP contribution in [0.3, 0.4) is 0 Å². The van der Waals surface area contributed by atoms with E-state index >= 15 is 0 Å². The maximum Gasteiger partial charge on any atom is 0.195 e. The minimum atomic E-state index is 0.649. The molecule has 0 atom stereocenters. The number of thiazole rings is 1. The monoisotopic (exact) mass is 296 g/mol. The van der Waals surface area contributed by atoms with Crippen LogP contribution in [0.15, 0.2) is 11.6 Å². The van der Waals surface area contributed by atoms with Crippen LogP contribution in [0.25, 0.3) is 4.96 Å². The zero-order valence-corrected chi connectivity index (χ0v) is 13.5. The number of nitrogens with zero attached hydrogens (tertiary/aromatic N) is 3. The summed E-state index contributed by atoms with van der Waals surface area (Å²) in [6.07, 6.45) is 2.09. The molecule has 0 aliphatic heterocycles. The molecule has 1 N–H and O–H groups in total. The van der Waals surface area contributed by atoms with Crippen molar-refractivity contribution in [2.45, 2.75) is 20.4 Å². The number of nitrogens with one attached hydrogen (secondary N) is 1. The van der Waals surface area contributed by atoms with Crippen LogP contribution in [-0.4, -0.2) is 43.2 Å². The van der Waals surface area contributed by atoms with Gasteiger partial charge in [0.25, 0.3) is 0 Å². The zero-order valence-electron chi connectivity index (χ0n) is 12.7. The molecule has 0 aliphatic carbocycles. The molecule has 6 heteroatoms. The standard InChI is InChI=1S/C14H24N4OS/c1-11(2)9-15-10-12-13(17(3)5-7-19-4)16-14-18(12)6-8-20-14/h6,8,11,15H,5,7,9-10H2,1-4H3. The number of likely N-dealkylation sites (N-methyl/N-ethyl adjacent to an activating group) is 1. The van der Waals surface area contributed by atoms with Crippen molar-refractivity contribution in [3.05, 3.63) is 17.3 Å². The summed E-state index contributed by atoms with van der Waals surface area (Å²) in [6, 6.07) is 0. The lowest BCUT2D eigenvalue weighted by Crippen LogP contribution is -2.26. The summed E-state index contributed by atoms with van der Waals surface area (Å²) in [5.41, 5.74) is 1.22. The number of methoxy groups -OCH3 is 1. The first-order chi connectivity index (χ1) is 9.63. The Hall–Kier alpha value is -1.11. The summed E-state index contributed by atoms with van der Waals surface area (Å²) in [5, 5.41) is 5.58. The van der Waals surface area contributed by atoms with Crippen molar-refractivity contribution in [1.29, 1.82) is 0 Å². The zero-order chi connectivity index (χ0) is 14.5. The number of ether oxygens (including phenoxy) is 1. The Bertz CT molecular complexity index is 534. The van der Waals surface area contributed by atoms with Crippen LogP contribution in [0.2, 0.25) is 0 Å². The first-order valence-corrected chi connectivity index (χ1v) is 7.86. The molecule has 2 heterocycles. The predicted octanol–water partition coefficient (Wildman–Crippen LogP) is 2.22. The van der Waals surface area contributed by atoms with Gasteiger partial charge in [-0.3, -0.25) is 4.40 Å². The molecular weight excluding hydrogens is 272 g/mol. The van der Waals surface area contributed by atoms with Gasteiger partial charge in [-0.25, -0.2) is 4.98 Å². The Balaban J connectivity index is 2.17. The fraction of sp³-hybridized carbons (Fsp3) is 0.643. The van der Waals surface area contributed by atoms with Gasteiger partial charge >= 0.3 is 0 Å². The minimum Gasteiger partial charge on any atom is -0.383 e. The Morgan fingerprint density at radius 3 is 3.00 bits per heavy atom. The van der Waals surface area contributed by atoms with E-state index in [4.69, 9.17) is 9.72 Å². The number of rotatable bonds is 8. The minimum absolute atomic E-state index is 0.649. The first-order valence-electron chi connectivity index (χ1n) is 6.98. The van der Waals surface area contributed by atoms with E-state index in [-0.39, 0.29) is 0 Å². The second-order valence-corrected chi connectivity index (χ2v) is 6.25. The lowest BCUT2D eigenvalue weighted by molar-refractivity contribution is 0.206. The van der Waals surface area contributed by atoms with Gasteiger partial charge in [-0.2, -0.15) is 0 Å². The second kappa shape index (κ2) is 7.06. The highest BCUT2D eigenvalue weighted by Gasteiger charge is 2.16. The van der Waals surface area contributed by atoms with Crippen LogP contribution < -0.4 is 10.2 Å². The molecular formula is C14H24N4OS. The van der Waals surface area contributed by atoms with Gasteiger partial charge < -0.3 is 15.0 Å². The third kappa shape index (κ3) is 3.50. The average Bonchev–Trinajstić information content (AvgIpc) is 2.97. The van der Waals surface area contributed by atoms with E-state index in [1.54, 1.807) is 18.4 Å². The molecule has 0 spiro atoms. The van der Waals surface area contributed by atoms with Gasteiger partial charge in [0, 0.05) is 38.8 Å². The van der Waals surface area contributed by atoms with Crippen LogP contribution in [0.4, 0.5) is 5.82 Å². The molecule has 0 saturated heterocycles. The van der Waals surface area contributed by atoms with Crippen molar-refractivity contribution in [2.24, 2.45) is 5.92 Å². The van der Waals surface area contributed by atoms with Gasteiger partial charge in [0.2, 0.25) is 0 Å². The average molecular weight is 296 g/mol. The molecule has 0 aliphatic rings. The Kier molecular flexibility index (Phi) is 5.39. The van der Waals surface area contributed by atoms with Crippen LogP contribution in [0.5, 0.6) is 0 Å². The summed E-state index contributed by atoms with van der Waals surface area (Å²) < 4.78 is 7.33. The number of aromatic nitrogens is 2. The van der Waals surface area contributed by atoms with Gasteiger partial charge in [0.05, 0.1) is 12.3 Å². The molecule has 0 amide bonds. The molecule has 20 heavy (non-hydrogen) atoms. The third-order valence-corrected chi connectivity index (χ3v) is 3.93. The highest BCUT2D eigenvalue weighted by molar-refractivity contribution is 7.15. The topological polar surface area (TPSA) is 41.8 Å². The molecule has 0 bridgehead atoms. The quantitative estimate of drug-likeness (QED) is 0.811. The summed E-state index contributed by atoms with van der Waals surface area (Å²) in [7, 11) is 3.79. The summed E-state index contributed by atoms with van der Waals surface area (Å²) in [6.45, 7) is 7.84. The molecule has 5 nitrogen and oxygen atoms in total. The molecule has 0 saturated carbocycles. The van der Waals surface area contributed by atoms with Gasteiger partial charge in [-0.1, -0.05) is 13.8 Å². The van der Waals surface area contributed by atoms with E-state index in [2.05, 4.69) is 47.1 Å². The number of anilines is 1. The maximum atomic E-state index is 5.15.